The molecule has 0 radical (unpaired) electrons. The minimum atomic E-state index is 0.924. The van der Waals surface area contributed by atoms with Crippen LogP contribution in [0.3, 0.4) is 0 Å². The van der Waals surface area contributed by atoms with Crippen molar-refractivity contribution in [2.75, 3.05) is 0 Å². The van der Waals surface area contributed by atoms with E-state index < -0.39 is 0 Å². The number of hydrogen-bond donors (Lipinski definition) is 0. The van der Waals surface area contributed by atoms with Gasteiger partial charge in [-0.05, 0) is 38.9 Å². The summed E-state index contributed by atoms with van der Waals surface area (Å²) in [5, 5.41) is 5.88. The van der Waals surface area contributed by atoms with Crippen LogP contribution >= 0.6 is 0 Å². The fourth-order valence-corrected chi connectivity index (χ4v) is 7.16. The quantitative estimate of drug-likeness (QED) is 0.180. The molecule has 0 aliphatic heterocycles. The smallest absolute Gasteiger partial charge is 0.146 e. The summed E-state index contributed by atoms with van der Waals surface area (Å²) in [6.07, 6.45) is 0. The van der Waals surface area contributed by atoms with Crippen LogP contribution in [0.25, 0.3) is 83.0 Å². The molecule has 0 atom stereocenters. The minimum Gasteiger partial charge on any atom is -0.293 e. The van der Waals surface area contributed by atoms with E-state index in [-0.39, 0.29) is 0 Å². The highest BCUT2D eigenvalue weighted by Crippen LogP contribution is 2.47. The molecule has 7 aromatic carbocycles. The Morgan fingerprint density at radius 2 is 0.872 bits per heavy atom. The lowest BCUT2D eigenvalue weighted by atomic mass is 9.91. The zero-order valence-electron chi connectivity index (χ0n) is 25.7. The molecule has 0 unspecified atom stereocenters. The molecular formula is C45H30N2. The molecule has 9 aromatic rings. The van der Waals surface area contributed by atoms with E-state index in [1.165, 1.54) is 32.7 Å². The Morgan fingerprint density at radius 1 is 0.362 bits per heavy atom. The zero-order valence-corrected chi connectivity index (χ0v) is 25.7. The highest BCUT2D eigenvalue weighted by atomic mass is 15.1. The Morgan fingerprint density at radius 3 is 1.53 bits per heavy atom. The Balaban J connectivity index is 1.54. The molecule has 0 aliphatic rings. The van der Waals surface area contributed by atoms with E-state index in [9.17, 15) is 0 Å². The average molecular weight is 599 g/mol. The first-order valence-corrected chi connectivity index (χ1v) is 16.1. The zero-order chi connectivity index (χ0) is 31.2. The fourth-order valence-electron chi connectivity index (χ4n) is 7.16. The highest BCUT2D eigenvalue weighted by Gasteiger charge is 2.26. The number of rotatable bonds is 5. The molecule has 2 heterocycles. The van der Waals surface area contributed by atoms with Crippen LogP contribution in [-0.2, 0) is 0 Å². The first-order valence-electron chi connectivity index (χ1n) is 16.1. The standard InChI is InChI=1S/C45H30N2/c1-5-18-32(19-6-1)40-38-30-29-31-17-13-14-26-36(31)42(38)45(46-43(40)34-22-9-3-10-23-34)47-39-28-16-15-27-37(39)41(33-20-7-2-8-21-33)44(47)35-24-11-4-12-25-35/h1-30H. The molecule has 0 N–H and O–H groups in total. The lowest BCUT2D eigenvalue weighted by molar-refractivity contribution is 1.07. The van der Waals surface area contributed by atoms with Crippen LogP contribution < -0.4 is 0 Å². The van der Waals surface area contributed by atoms with Gasteiger partial charge < -0.3 is 0 Å². The molecule has 220 valence electrons. The van der Waals surface area contributed by atoms with Crippen molar-refractivity contribution in [3.63, 3.8) is 0 Å². The predicted octanol–water partition coefficient (Wildman–Crippen LogP) is 12.0. The normalized spacial score (nSPS) is 11.4. The molecule has 2 aromatic heterocycles. The minimum absolute atomic E-state index is 0.924. The van der Waals surface area contributed by atoms with E-state index in [0.717, 1.165) is 50.4 Å². The van der Waals surface area contributed by atoms with Crippen molar-refractivity contribution < 1.29 is 0 Å². The van der Waals surface area contributed by atoms with Crippen LogP contribution in [0, 0.1) is 0 Å². The SMILES string of the molecule is c1ccc(-c2nc(-n3c(-c4ccccc4)c(-c4ccccc4)c4ccccc43)c3c(ccc4ccccc43)c2-c2ccccc2)cc1. The summed E-state index contributed by atoms with van der Waals surface area (Å²) >= 11 is 0. The van der Waals surface area contributed by atoms with E-state index in [4.69, 9.17) is 4.98 Å². The third kappa shape index (κ3) is 4.46. The summed E-state index contributed by atoms with van der Waals surface area (Å²) in [5.41, 5.74) is 10.1. The Hall–Kier alpha value is -6.25. The number of aromatic nitrogens is 2. The maximum Gasteiger partial charge on any atom is 0.146 e. The number of nitrogens with zero attached hydrogens (tertiary/aromatic N) is 2. The van der Waals surface area contributed by atoms with Crippen molar-refractivity contribution in [2.45, 2.75) is 0 Å². The van der Waals surface area contributed by atoms with Crippen LogP contribution in [0.15, 0.2) is 182 Å². The first kappa shape index (κ1) is 27.1. The van der Waals surface area contributed by atoms with Gasteiger partial charge in [0.15, 0.2) is 0 Å². The van der Waals surface area contributed by atoms with Gasteiger partial charge >= 0.3 is 0 Å². The molecule has 0 spiro atoms. The number of hydrogen-bond acceptors (Lipinski definition) is 1. The second kappa shape index (κ2) is 11.3. The average Bonchev–Trinajstić information content (AvgIpc) is 3.50. The lowest BCUT2D eigenvalue weighted by Gasteiger charge is -2.21. The molecule has 2 nitrogen and oxygen atoms in total. The number of pyridine rings is 1. The van der Waals surface area contributed by atoms with Crippen LogP contribution in [0.1, 0.15) is 0 Å². The molecule has 9 rings (SSSR count). The van der Waals surface area contributed by atoms with Gasteiger partial charge in [0, 0.05) is 27.5 Å². The van der Waals surface area contributed by atoms with Gasteiger partial charge in [0.1, 0.15) is 5.82 Å². The van der Waals surface area contributed by atoms with Crippen LogP contribution in [-0.4, -0.2) is 9.55 Å². The van der Waals surface area contributed by atoms with Crippen LogP contribution in [0.5, 0.6) is 0 Å². The lowest BCUT2D eigenvalue weighted by Crippen LogP contribution is -2.05. The van der Waals surface area contributed by atoms with Gasteiger partial charge in [0.2, 0.25) is 0 Å². The van der Waals surface area contributed by atoms with E-state index >= 15 is 0 Å². The largest absolute Gasteiger partial charge is 0.293 e. The monoisotopic (exact) mass is 598 g/mol. The summed E-state index contributed by atoms with van der Waals surface area (Å²) in [5.74, 6) is 0.924. The van der Waals surface area contributed by atoms with Crippen molar-refractivity contribution >= 4 is 32.4 Å². The second-order valence-electron chi connectivity index (χ2n) is 11.9. The molecule has 0 amide bonds. The fraction of sp³-hybridized carbons (Fsp3) is 0. The summed E-state index contributed by atoms with van der Waals surface area (Å²) in [4.78, 5) is 5.77. The molecule has 0 bridgehead atoms. The van der Waals surface area contributed by atoms with Crippen LogP contribution in [0.2, 0.25) is 0 Å². The molecule has 2 heteroatoms. The van der Waals surface area contributed by atoms with Gasteiger partial charge in [0.25, 0.3) is 0 Å². The predicted molar refractivity (Wildman–Crippen MR) is 198 cm³/mol. The topological polar surface area (TPSA) is 17.8 Å². The van der Waals surface area contributed by atoms with Crippen molar-refractivity contribution in [3.8, 4) is 50.6 Å². The maximum absolute atomic E-state index is 5.77. The van der Waals surface area contributed by atoms with Gasteiger partial charge in [-0.25, -0.2) is 4.98 Å². The molecule has 0 aliphatic carbocycles. The molecule has 0 saturated heterocycles. The number of benzene rings is 7. The van der Waals surface area contributed by atoms with Crippen molar-refractivity contribution in [2.24, 2.45) is 0 Å². The molecule has 0 fully saturated rings. The second-order valence-corrected chi connectivity index (χ2v) is 11.9. The summed E-state index contributed by atoms with van der Waals surface area (Å²) in [6.45, 7) is 0. The van der Waals surface area contributed by atoms with Gasteiger partial charge in [-0.1, -0.05) is 176 Å². The summed E-state index contributed by atoms with van der Waals surface area (Å²) in [6, 6.07) is 64.9. The van der Waals surface area contributed by atoms with Gasteiger partial charge in [-0.15, -0.1) is 0 Å². The number of para-hydroxylation sites is 1. The Labute approximate surface area is 273 Å². The third-order valence-electron chi connectivity index (χ3n) is 9.18. The maximum atomic E-state index is 5.77. The molecular weight excluding hydrogens is 569 g/mol. The van der Waals surface area contributed by atoms with E-state index in [0.29, 0.717) is 0 Å². The summed E-state index contributed by atoms with van der Waals surface area (Å²) < 4.78 is 2.42. The van der Waals surface area contributed by atoms with E-state index in [2.05, 4.69) is 187 Å². The van der Waals surface area contributed by atoms with Crippen molar-refractivity contribution in [1.29, 1.82) is 0 Å². The Kier molecular flexibility index (Phi) is 6.50. The van der Waals surface area contributed by atoms with Gasteiger partial charge in [-0.2, -0.15) is 0 Å². The molecule has 0 saturated carbocycles. The highest BCUT2D eigenvalue weighted by molar-refractivity contribution is 6.18. The molecule has 47 heavy (non-hydrogen) atoms. The van der Waals surface area contributed by atoms with Crippen molar-refractivity contribution in [1.82, 2.24) is 9.55 Å². The third-order valence-corrected chi connectivity index (χ3v) is 9.18. The van der Waals surface area contributed by atoms with Gasteiger partial charge in [0.05, 0.1) is 16.9 Å². The van der Waals surface area contributed by atoms with E-state index in [1.807, 2.05) is 0 Å². The number of fused-ring (bicyclic) bond motifs is 4. The summed E-state index contributed by atoms with van der Waals surface area (Å²) in [7, 11) is 0. The van der Waals surface area contributed by atoms with E-state index in [1.54, 1.807) is 0 Å². The van der Waals surface area contributed by atoms with Crippen LogP contribution in [0.4, 0.5) is 0 Å². The van der Waals surface area contributed by atoms with Gasteiger partial charge in [-0.3, -0.25) is 4.57 Å². The van der Waals surface area contributed by atoms with Crippen molar-refractivity contribution in [3.05, 3.63) is 182 Å². The first-order chi connectivity index (χ1) is 23.4. The Bertz CT molecular complexity index is 2530.